The van der Waals surface area contributed by atoms with Crippen molar-refractivity contribution in [1.82, 2.24) is 5.32 Å². The molecule has 4 aromatic rings. The number of ether oxygens (including phenoxy) is 2. The molecule has 3 amide bonds. The van der Waals surface area contributed by atoms with Crippen LogP contribution in [0.25, 0.3) is 6.08 Å². The van der Waals surface area contributed by atoms with Crippen LogP contribution in [0.4, 0.5) is 11.4 Å². The Kier molecular flexibility index (Phi) is 10.9. The summed E-state index contributed by atoms with van der Waals surface area (Å²) in [6.07, 6.45) is 1.55. The molecule has 3 N–H and O–H groups in total. The fraction of sp³-hybridized carbons (Fsp3) is 0.121. The van der Waals surface area contributed by atoms with Crippen LogP contribution in [-0.2, 0) is 9.59 Å². The fourth-order valence-electron chi connectivity index (χ4n) is 3.95. The molecule has 220 valence electrons. The fourth-order valence-corrected chi connectivity index (χ4v) is 5.06. The van der Waals surface area contributed by atoms with Gasteiger partial charge in [-0.2, -0.15) is 0 Å². The van der Waals surface area contributed by atoms with Gasteiger partial charge in [-0.05, 0) is 73.2 Å². The normalized spacial score (nSPS) is 11.7. The van der Waals surface area contributed by atoms with Crippen LogP contribution in [-0.4, -0.2) is 37.2 Å². The Balaban J connectivity index is 1.53. The summed E-state index contributed by atoms with van der Waals surface area (Å²) in [6, 6.07) is 27.9. The minimum atomic E-state index is -0.536. The number of thioether (sulfide) groups is 1. The van der Waals surface area contributed by atoms with Crippen molar-refractivity contribution in [1.29, 1.82) is 0 Å². The molecule has 10 heteroatoms. The number of halogens is 1. The summed E-state index contributed by atoms with van der Waals surface area (Å²) in [4.78, 5) is 40.0. The number of hydrogen-bond donors (Lipinski definition) is 3. The maximum atomic E-state index is 13.5. The molecule has 8 nitrogen and oxygen atoms in total. The van der Waals surface area contributed by atoms with Crippen LogP contribution >= 0.6 is 23.4 Å². The molecule has 0 fully saturated rings. The predicted octanol–water partition coefficient (Wildman–Crippen LogP) is 6.89. The van der Waals surface area contributed by atoms with Crippen molar-refractivity contribution in [2.75, 3.05) is 24.9 Å². The average Bonchev–Trinajstić information content (AvgIpc) is 3.02. The lowest BCUT2D eigenvalue weighted by Crippen LogP contribution is -2.30. The monoisotopic (exact) mass is 615 g/mol. The number of amides is 3. The highest BCUT2D eigenvalue weighted by molar-refractivity contribution is 8.00. The third kappa shape index (κ3) is 8.64. The first kappa shape index (κ1) is 31.2. The second kappa shape index (κ2) is 14.9. The highest BCUT2D eigenvalue weighted by atomic mass is 35.5. The molecular formula is C33H30ClN3O5S. The van der Waals surface area contributed by atoms with Gasteiger partial charge in [0.25, 0.3) is 11.8 Å². The van der Waals surface area contributed by atoms with Crippen molar-refractivity contribution < 1.29 is 23.9 Å². The largest absolute Gasteiger partial charge is 0.493 e. The smallest absolute Gasteiger partial charge is 0.272 e. The summed E-state index contributed by atoms with van der Waals surface area (Å²) in [5, 5.41) is 8.42. The number of nitrogens with one attached hydrogen (secondary N) is 3. The highest BCUT2D eigenvalue weighted by Crippen LogP contribution is 2.30. The summed E-state index contributed by atoms with van der Waals surface area (Å²) in [5.74, 6) is -0.182. The van der Waals surface area contributed by atoms with E-state index in [1.165, 1.54) is 26.0 Å². The predicted molar refractivity (Wildman–Crippen MR) is 172 cm³/mol. The van der Waals surface area contributed by atoms with Gasteiger partial charge >= 0.3 is 0 Å². The van der Waals surface area contributed by atoms with Gasteiger partial charge in [0.15, 0.2) is 11.5 Å². The minimum absolute atomic E-state index is 0.0200. The molecule has 0 radical (unpaired) electrons. The standard InChI is InChI=1S/C33H30ClN3O5S/c1-21(31(38)36-27-15-8-7-14-26(27)34)43-25-13-9-12-24(20-25)35-33(40)28(37-32(39)23-10-5-4-6-11-23)18-22-16-17-29(41-2)30(19-22)42-3/h4-21H,1-3H3,(H,35,40)(H,36,38)(H,37,39)/b28-18+. The van der Waals surface area contributed by atoms with Gasteiger partial charge in [-0.3, -0.25) is 14.4 Å². The van der Waals surface area contributed by atoms with E-state index in [0.29, 0.717) is 39.0 Å². The van der Waals surface area contributed by atoms with Crippen molar-refractivity contribution in [2.45, 2.75) is 17.1 Å². The number of benzene rings is 4. The van der Waals surface area contributed by atoms with Crippen LogP contribution in [0.3, 0.4) is 0 Å². The number of para-hydroxylation sites is 1. The molecular weight excluding hydrogens is 586 g/mol. The zero-order valence-electron chi connectivity index (χ0n) is 23.7. The van der Waals surface area contributed by atoms with Crippen LogP contribution in [0.5, 0.6) is 11.5 Å². The Bertz CT molecular complexity index is 1640. The Morgan fingerprint density at radius 1 is 0.814 bits per heavy atom. The van der Waals surface area contributed by atoms with Gasteiger partial charge < -0.3 is 25.4 Å². The van der Waals surface area contributed by atoms with Crippen molar-refractivity contribution in [3.63, 3.8) is 0 Å². The SMILES string of the molecule is COc1ccc(/C=C(/NC(=O)c2ccccc2)C(=O)Nc2cccc(SC(C)C(=O)Nc3ccccc3Cl)c2)cc1OC. The van der Waals surface area contributed by atoms with Gasteiger partial charge in [-0.1, -0.05) is 54.1 Å². The third-order valence-corrected chi connectivity index (χ3v) is 7.58. The molecule has 1 unspecified atom stereocenters. The molecule has 0 saturated carbocycles. The van der Waals surface area contributed by atoms with E-state index >= 15 is 0 Å². The molecule has 1 atom stereocenters. The first-order valence-corrected chi connectivity index (χ1v) is 14.5. The lowest BCUT2D eigenvalue weighted by molar-refractivity contribution is -0.115. The van der Waals surface area contributed by atoms with E-state index in [1.54, 1.807) is 104 Å². The number of carbonyl (C=O) groups excluding carboxylic acids is 3. The van der Waals surface area contributed by atoms with Crippen LogP contribution in [0.2, 0.25) is 5.02 Å². The van der Waals surface area contributed by atoms with E-state index in [2.05, 4.69) is 16.0 Å². The lowest BCUT2D eigenvalue weighted by atomic mass is 10.1. The first-order chi connectivity index (χ1) is 20.8. The van der Waals surface area contributed by atoms with E-state index in [1.807, 2.05) is 6.07 Å². The summed E-state index contributed by atoms with van der Waals surface area (Å²) < 4.78 is 10.7. The van der Waals surface area contributed by atoms with Crippen molar-refractivity contribution in [2.24, 2.45) is 0 Å². The van der Waals surface area contributed by atoms with Gasteiger partial charge in [0.05, 0.1) is 30.2 Å². The van der Waals surface area contributed by atoms with E-state index < -0.39 is 17.1 Å². The van der Waals surface area contributed by atoms with E-state index in [-0.39, 0.29) is 11.6 Å². The average molecular weight is 616 g/mol. The molecule has 0 aromatic heterocycles. The number of rotatable bonds is 11. The van der Waals surface area contributed by atoms with E-state index in [4.69, 9.17) is 21.1 Å². The number of carbonyl (C=O) groups is 3. The Hall–Kier alpha value is -4.73. The Morgan fingerprint density at radius 2 is 1.53 bits per heavy atom. The number of methoxy groups -OCH3 is 2. The van der Waals surface area contributed by atoms with Crippen molar-refractivity contribution in [3.8, 4) is 11.5 Å². The Morgan fingerprint density at radius 3 is 2.26 bits per heavy atom. The minimum Gasteiger partial charge on any atom is -0.493 e. The van der Waals surface area contributed by atoms with Gasteiger partial charge in [0.2, 0.25) is 5.91 Å². The molecule has 0 saturated heterocycles. The number of anilines is 2. The van der Waals surface area contributed by atoms with Crippen LogP contribution < -0.4 is 25.4 Å². The van der Waals surface area contributed by atoms with Crippen LogP contribution in [0, 0.1) is 0 Å². The zero-order valence-corrected chi connectivity index (χ0v) is 25.3. The lowest BCUT2D eigenvalue weighted by Gasteiger charge is -2.15. The molecule has 4 rings (SSSR count). The zero-order chi connectivity index (χ0) is 30.8. The van der Waals surface area contributed by atoms with Crippen LogP contribution in [0.15, 0.2) is 108 Å². The maximum absolute atomic E-state index is 13.5. The molecule has 0 spiro atoms. The summed E-state index contributed by atoms with van der Waals surface area (Å²) in [6.45, 7) is 1.78. The molecule has 0 aliphatic carbocycles. The second-order valence-corrected chi connectivity index (χ2v) is 11.0. The molecule has 0 heterocycles. The van der Waals surface area contributed by atoms with E-state index in [9.17, 15) is 14.4 Å². The van der Waals surface area contributed by atoms with E-state index in [0.717, 1.165) is 4.90 Å². The van der Waals surface area contributed by atoms with Gasteiger partial charge in [0, 0.05) is 16.1 Å². The maximum Gasteiger partial charge on any atom is 0.272 e. The van der Waals surface area contributed by atoms with Crippen molar-refractivity contribution in [3.05, 3.63) is 119 Å². The second-order valence-electron chi connectivity index (χ2n) is 9.20. The first-order valence-electron chi connectivity index (χ1n) is 13.2. The third-order valence-electron chi connectivity index (χ3n) is 6.15. The molecule has 43 heavy (non-hydrogen) atoms. The topological polar surface area (TPSA) is 106 Å². The molecule has 0 aliphatic rings. The van der Waals surface area contributed by atoms with Crippen LogP contribution in [0.1, 0.15) is 22.8 Å². The van der Waals surface area contributed by atoms with Gasteiger partial charge in [-0.15, -0.1) is 11.8 Å². The molecule has 4 aromatic carbocycles. The molecule has 0 aliphatic heterocycles. The summed E-state index contributed by atoms with van der Waals surface area (Å²) in [7, 11) is 3.05. The Labute approximate surface area is 259 Å². The highest BCUT2D eigenvalue weighted by Gasteiger charge is 2.18. The summed E-state index contributed by atoms with van der Waals surface area (Å²) in [5.41, 5.74) is 2.05. The van der Waals surface area contributed by atoms with Gasteiger partial charge in [-0.25, -0.2) is 0 Å². The quantitative estimate of drug-likeness (QED) is 0.125. The van der Waals surface area contributed by atoms with Crippen molar-refractivity contribution >= 4 is 58.5 Å². The number of hydrogen-bond acceptors (Lipinski definition) is 6. The summed E-state index contributed by atoms with van der Waals surface area (Å²) >= 11 is 7.50. The van der Waals surface area contributed by atoms with Gasteiger partial charge in [0.1, 0.15) is 5.70 Å². The molecule has 0 bridgehead atoms.